The first-order chi connectivity index (χ1) is 16.7. The zero-order chi connectivity index (χ0) is 25.0. The number of aromatic nitrogens is 3. The summed E-state index contributed by atoms with van der Waals surface area (Å²) in [6, 6.07) is 9.36. The molecule has 186 valence electrons. The average Bonchev–Trinajstić information content (AvgIpc) is 3.14. The summed E-state index contributed by atoms with van der Waals surface area (Å²) in [5, 5.41) is 10.5. The predicted octanol–water partition coefficient (Wildman–Crippen LogP) is 4.30. The Labute approximate surface area is 201 Å². The van der Waals surface area contributed by atoms with Crippen LogP contribution in [0.25, 0.3) is 0 Å². The van der Waals surface area contributed by atoms with Gasteiger partial charge in [-0.3, -0.25) is 9.48 Å². The van der Waals surface area contributed by atoms with E-state index in [1.807, 2.05) is 32.3 Å². The van der Waals surface area contributed by atoms with Gasteiger partial charge in [0, 0.05) is 50.8 Å². The lowest BCUT2D eigenvalue weighted by Gasteiger charge is -2.33. The summed E-state index contributed by atoms with van der Waals surface area (Å²) in [6.07, 6.45) is 0.535. The molecule has 0 saturated carbocycles. The van der Waals surface area contributed by atoms with E-state index < -0.39 is 6.36 Å². The first kappa shape index (κ1) is 24.4. The molecule has 35 heavy (non-hydrogen) atoms. The number of amides is 1. The number of carbonyl (C=O) groups excluding carboxylic acids is 1. The van der Waals surface area contributed by atoms with E-state index >= 15 is 0 Å². The summed E-state index contributed by atoms with van der Waals surface area (Å²) in [5.41, 5.74) is 3.42. The first-order valence-electron chi connectivity index (χ1n) is 11.3. The molecule has 0 bridgehead atoms. The van der Waals surface area contributed by atoms with Crippen LogP contribution in [0.2, 0.25) is 0 Å². The maximum atomic E-state index is 12.8. The Balaban J connectivity index is 1.33. The van der Waals surface area contributed by atoms with Crippen LogP contribution in [0.15, 0.2) is 48.8 Å². The summed E-state index contributed by atoms with van der Waals surface area (Å²) in [4.78, 5) is 19.4. The third-order valence-corrected chi connectivity index (χ3v) is 5.80. The van der Waals surface area contributed by atoms with Gasteiger partial charge in [-0.25, -0.2) is 4.98 Å². The minimum Gasteiger partial charge on any atom is -0.406 e. The third kappa shape index (κ3) is 6.65. The number of nitrogens with zero attached hydrogens (tertiary/aromatic N) is 4. The van der Waals surface area contributed by atoms with Crippen LogP contribution in [0.4, 0.5) is 30.4 Å². The van der Waals surface area contributed by atoms with E-state index in [0.717, 1.165) is 36.5 Å². The highest BCUT2D eigenvalue weighted by Gasteiger charge is 2.31. The number of alkyl halides is 3. The van der Waals surface area contributed by atoms with E-state index in [4.69, 9.17) is 0 Å². The second-order valence-electron chi connectivity index (χ2n) is 8.52. The first-order valence-corrected chi connectivity index (χ1v) is 11.3. The molecule has 0 spiro atoms. The van der Waals surface area contributed by atoms with Gasteiger partial charge in [-0.1, -0.05) is 12.1 Å². The molecule has 2 N–H and O–H groups in total. The second-order valence-corrected chi connectivity index (χ2v) is 8.52. The Bertz CT molecular complexity index is 1160. The standard InChI is InChI=1S/C24H27F3N6O2/c1-16-21(15-32(2)31-16)30-22-12-19(9-10-28-22)33-11-3-4-18(14-33)23(34)29-13-17-5-7-20(8-6-17)35-24(25,26)27/h5-10,12,15,18H,3-4,11,13-14H2,1-2H3,(H,28,30)(H,29,34)/t18-/m1/s1. The molecular weight excluding hydrogens is 461 g/mol. The summed E-state index contributed by atoms with van der Waals surface area (Å²) < 4.78 is 42.5. The fourth-order valence-corrected chi connectivity index (χ4v) is 4.11. The van der Waals surface area contributed by atoms with Gasteiger partial charge in [0.25, 0.3) is 0 Å². The van der Waals surface area contributed by atoms with E-state index in [9.17, 15) is 18.0 Å². The van der Waals surface area contributed by atoms with Gasteiger partial charge >= 0.3 is 6.36 Å². The molecule has 0 aliphatic carbocycles. The minimum absolute atomic E-state index is 0.0799. The number of rotatable bonds is 7. The molecule has 1 amide bonds. The van der Waals surface area contributed by atoms with Crippen LogP contribution in [0.1, 0.15) is 24.1 Å². The third-order valence-electron chi connectivity index (χ3n) is 5.80. The van der Waals surface area contributed by atoms with Gasteiger partial charge in [0.05, 0.1) is 17.3 Å². The van der Waals surface area contributed by atoms with Crippen LogP contribution < -0.4 is 20.3 Å². The summed E-state index contributed by atoms with van der Waals surface area (Å²) >= 11 is 0. The van der Waals surface area contributed by atoms with E-state index in [-0.39, 0.29) is 24.1 Å². The van der Waals surface area contributed by atoms with Gasteiger partial charge in [0.1, 0.15) is 11.6 Å². The molecule has 1 atom stereocenters. The van der Waals surface area contributed by atoms with E-state index in [1.54, 1.807) is 10.9 Å². The Hall–Kier alpha value is -3.76. The van der Waals surface area contributed by atoms with Gasteiger partial charge in [0.15, 0.2) is 0 Å². The predicted molar refractivity (Wildman–Crippen MR) is 125 cm³/mol. The second kappa shape index (κ2) is 10.2. The zero-order valence-electron chi connectivity index (χ0n) is 19.5. The number of halogens is 3. The number of hydrogen-bond donors (Lipinski definition) is 2. The Kier molecular flexibility index (Phi) is 7.13. The molecule has 3 heterocycles. The van der Waals surface area contributed by atoms with Gasteiger partial charge in [-0.05, 0) is 43.5 Å². The van der Waals surface area contributed by atoms with Crippen molar-refractivity contribution in [1.29, 1.82) is 0 Å². The molecule has 4 rings (SSSR count). The topological polar surface area (TPSA) is 84.3 Å². The Morgan fingerprint density at radius 2 is 2.00 bits per heavy atom. The molecule has 0 unspecified atom stereocenters. The normalized spacial score (nSPS) is 16.1. The SMILES string of the molecule is Cc1nn(C)cc1Nc1cc(N2CCC[C@@H](C(=O)NCc3ccc(OC(F)(F)F)cc3)C2)ccn1. The molecule has 1 aliphatic heterocycles. The van der Waals surface area contributed by atoms with Crippen LogP contribution in [0.5, 0.6) is 5.75 Å². The van der Waals surface area contributed by atoms with Crippen LogP contribution in [0.3, 0.4) is 0 Å². The van der Waals surface area contributed by atoms with Crippen LogP contribution in [0, 0.1) is 12.8 Å². The molecular formula is C24H27F3N6O2. The van der Waals surface area contributed by atoms with Gasteiger partial charge in [-0.2, -0.15) is 5.10 Å². The van der Waals surface area contributed by atoms with Crippen molar-refractivity contribution in [2.24, 2.45) is 13.0 Å². The lowest BCUT2D eigenvalue weighted by Crippen LogP contribution is -2.43. The summed E-state index contributed by atoms with van der Waals surface area (Å²) in [7, 11) is 1.86. The van der Waals surface area contributed by atoms with Crippen molar-refractivity contribution in [2.75, 3.05) is 23.3 Å². The number of benzene rings is 1. The average molecular weight is 489 g/mol. The van der Waals surface area contributed by atoms with E-state index in [1.165, 1.54) is 24.3 Å². The van der Waals surface area contributed by atoms with Crippen molar-refractivity contribution in [3.8, 4) is 5.75 Å². The number of ether oxygens (including phenoxy) is 1. The number of anilines is 3. The van der Waals surface area contributed by atoms with Crippen molar-refractivity contribution in [2.45, 2.75) is 32.7 Å². The van der Waals surface area contributed by atoms with Crippen molar-refractivity contribution in [1.82, 2.24) is 20.1 Å². The molecule has 3 aromatic rings. The highest BCUT2D eigenvalue weighted by atomic mass is 19.4. The summed E-state index contributed by atoms with van der Waals surface area (Å²) in [6.45, 7) is 3.56. The van der Waals surface area contributed by atoms with Gasteiger partial charge in [-0.15, -0.1) is 13.2 Å². The highest BCUT2D eigenvalue weighted by molar-refractivity contribution is 5.79. The molecule has 1 saturated heterocycles. The van der Waals surface area contributed by atoms with Crippen molar-refractivity contribution in [3.63, 3.8) is 0 Å². The van der Waals surface area contributed by atoms with Gasteiger partial charge < -0.3 is 20.3 Å². The monoisotopic (exact) mass is 488 g/mol. The minimum atomic E-state index is -4.73. The molecule has 8 nitrogen and oxygen atoms in total. The van der Waals surface area contributed by atoms with Crippen LogP contribution >= 0.6 is 0 Å². The Morgan fingerprint density at radius 3 is 2.69 bits per heavy atom. The van der Waals surface area contributed by atoms with Crippen LogP contribution in [-0.4, -0.2) is 40.1 Å². The van der Waals surface area contributed by atoms with E-state index in [2.05, 4.69) is 30.4 Å². The van der Waals surface area contributed by atoms with E-state index in [0.29, 0.717) is 17.9 Å². The molecule has 0 radical (unpaired) electrons. The van der Waals surface area contributed by atoms with Crippen molar-refractivity contribution >= 4 is 23.1 Å². The lowest BCUT2D eigenvalue weighted by atomic mass is 9.96. The van der Waals surface area contributed by atoms with Crippen molar-refractivity contribution < 1.29 is 22.7 Å². The largest absolute Gasteiger partial charge is 0.573 e. The molecule has 1 fully saturated rings. The molecule has 11 heteroatoms. The number of pyridine rings is 1. The number of carbonyl (C=O) groups is 1. The lowest BCUT2D eigenvalue weighted by molar-refractivity contribution is -0.274. The number of nitrogens with one attached hydrogen (secondary N) is 2. The fourth-order valence-electron chi connectivity index (χ4n) is 4.11. The zero-order valence-corrected chi connectivity index (χ0v) is 19.5. The fraction of sp³-hybridized carbons (Fsp3) is 0.375. The van der Waals surface area contributed by atoms with Crippen LogP contribution in [-0.2, 0) is 18.4 Å². The number of aryl methyl sites for hydroxylation is 2. The quantitative estimate of drug-likeness (QED) is 0.516. The summed E-state index contributed by atoms with van der Waals surface area (Å²) in [5.74, 6) is 0.133. The maximum absolute atomic E-state index is 12.8. The number of hydrogen-bond acceptors (Lipinski definition) is 6. The Morgan fingerprint density at radius 1 is 1.23 bits per heavy atom. The maximum Gasteiger partial charge on any atom is 0.573 e. The van der Waals surface area contributed by atoms with Crippen molar-refractivity contribution in [3.05, 3.63) is 60.0 Å². The molecule has 1 aromatic carbocycles. The molecule has 1 aliphatic rings. The smallest absolute Gasteiger partial charge is 0.406 e. The highest BCUT2D eigenvalue weighted by Crippen LogP contribution is 2.27. The van der Waals surface area contributed by atoms with Gasteiger partial charge in [0.2, 0.25) is 5.91 Å². The molecule has 2 aromatic heterocycles. The number of piperidine rings is 1.